The van der Waals surface area contributed by atoms with Crippen molar-refractivity contribution in [2.45, 2.75) is 50.6 Å². The third kappa shape index (κ3) is 2.60. The third-order valence-corrected chi connectivity index (χ3v) is 4.09. The van der Waals surface area contributed by atoms with Crippen LogP contribution in [0.3, 0.4) is 0 Å². The second-order valence-corrected chi connectivity index (χ2v) is 5.16. The van der Waals surface area contributed by atoms with E-state index in [1.54, 1.807) is 0 Å². The summed E-state index contributed by atoms with van der Waals surface area (Å²) in [6.45, 7) is 0. The number of hydrogen-bond donors (Lipinski definition) is 3. The fourth-order valence-electron chi connectivity index (χ4n) is 3.20. The summed E-state index contributed by atoms with van der Waals surface area (Å²) in [7, 11) is 0. The molecule has 0 spiro atoms. The molecule has 1 aliphatic heterocycles. The number of carbonyl (C=O) groups is 2. The van der Waals surface area contributed by atoms with Crippen LogP contribution in [-0.4, -0.2) is 34.2 Å². The quantitative estimate of drug-likeness (QED) is 0.688. The fourth-order valence-corrected chi connectivity index (χ4v) is 3.20. The van der Waals surface area contributed by atoms with Gasteiger partial charge in [0.15, 0.2) is 0 Å². The Labute approximate surface area is 100 Å². The summed E-state index contributed by atoms with van der Waals surface area (Å²) >= 11 is 0. The lowest BCUT2D eigenvalue weighted by Crippen LogP contribution is -2.42. The Balaban J connectivity index is 2.07. The highest BCUT2D eigenvalue weighted by Gasteiger charge is 2.44. The van der Waals surface area contributed by atoms with E-state index in [1.807, 2.05) is 0 Å². The van der Waals surface area contributed by atoms with Gasteiger partial charge in [-0.15, -0.1) is 0 Å². The molecule has 1 heterocycles. The Morgan fingerprint density at radius 3 is 2.18 bits per heavy atom. The standard InChI is InChI=1S/C12H19NO4/c14-11(15)8-6-9(12(16)17)13-10(8)7-4-2-1-3-5-7/h7-10,13H,1-6H2,(H,14,15)(H,16,17). The monoisotopic (exact) mass is 241 g/mol. The van der Waals surface area contributed by atoms with Crippen molar-refractivity contribution in [1.82, 2.24) is 5.32 Å². The second-order valence-electron chi connectivity index (χ2n) is 5.16. The first-order valence-electron chi connectivity index (χ1n) is 6.31. The van der Waals surface area contributed by atoms with E-state index in [0.29, 0.717) is 5.92 Å². The molecule has 3 unspecified atom stereocenters. The zero-order valence-corrected chi connectivity index (χ0v) is 9.76. The van der Waals surface area contributed by atoms with Crippen molar-refractivity contribution in [2.75, 3.05) is 0 Å². The number of carboxylic acid groups (broad SMARTS) is 2. The predicted molar refractivity (Wildman–Crippen MR) is 60.7 cm³/mol. The van der Waals surface area contributed by atoms with E-state index in [2.05, 4.69) is 5.32 Å². The van der Waals surface area contributed by atoms with Crippen LogP contribution in [0.1, 0.15) is 38.5 Å². The molecule has 1 saturated heterocycles. The molecule has 5 heteroatoms. The molecule has 2 aliphatic rings. The maximum absolute atomic E-state index is 11.2. The van der Waals surface area contributed by atoms with Crippen molar-refractivity contribution in [3.8, 4) is 0 Å². The van der Waals surface area contributed by atoms with Gasteiger partial charge in [-0.25, -0.2) is 0 Å². The zero-order valence-electron chi connectivity index (χ0n) is 9.76. The van der Waals surface area contributed by atoms with Crippen molar-refractivity contribution < 1.29 is 19.8 Å². The van der Waals surface area contributed by atoms with E-state index in [9.17, 15) is 14.7 Å². The number of aliphatic carboxylic acids is 2. The normalized spacial score (nSPS) is 34.7. The number of rotatable bonds is 3. The van der Waals surface area contributed by atoms with E-state index in [-0.39, 0.29) is 12.5 Å². The molecule has 96 valence electrons. The Morgan fingerprint density at radius 2 is 1.65 bits per heavy atom. The highest BCUT2D eigenvalue weighted by molar-refractivity contribution is 5.78. The van der Waals surface area contributed by atoms with Gasteiger partial charge < -0.3 is 15.5 Å². The molecular formula is C12H19NO4. The van der Waals surface area contributed by atoms with Gasteiger partial charge in [-0.05, 0) is 25.2 Å². The van der Waals surface area contributed by atoms with E-state index >= 15 is 0 Å². The zero-order chi connectivity index (χ0) is 12.4. The third-order valence-electron chi connectivity index (χ3n) is 4.09. The van der Waals surface area contributed by atoms with Crippen molar-refractivity contribution in [3.63, 3.8) is 0 Å². The highest BCUT2D eigenvalue weighted by atomic mass is 16.4. The van der Waals surface area contributed by atoms with Crippen LogP contribution >= 0.6 is 0 Å². The molecular weight excluding hydrogens is 222 g/mol. The van der Waals surface area contributed by atoms with Crippen LogP contribution < -0.4 is 5.32 Å². The lowest BCUT2D eigenvalue weighted by molar-refractivity contribution is -0.142. The van der Waals surface area contributed by atoms with Crippen LogP contribution in [0.2, 0.25) is 0 Å². The van der Waals surface area contributed by atoms with E-state index < -0.39 is 23.9 Å². The lowest BCUT2D eigenvalue weighted by Gasteiger charge is -2.30. The van der Waals surface area contributed by atoms with E-state index in [4.69, 9.17) is 5.11 Å². The van der Waals surface area contributed by atoms with Gasteiger partial charge in [0.2, 0.25) is 0 Å². The first kappa shape index (κ1) is 12.4. The van der Waals surface area contributed by atoms with Crippen molar-refractivity contribution >= 4 is 11.9 Å². The van der Waals surface area contributed by atoms with Crippen molar-refractivity contribution in [1.29, 1.82) is 0 Å². The van der Waals surface area contributed by atoms with E-state index in [0.717, 1.165) is 25.7 Å². The molecule has 17 heavy (non-hydrogen) atoms. The summed E-state index contributed by atoms with van der Waals surface area (Å²) in [4.78, 5) is 22.1. The second kappa shape index (κ2) is 5.04. The van der Waals surface area contributed by atoms with Crippen LogP contribution in [0, 0.1) is 11.8 Å². The maximum Gasteiger partial charge on any atom is 0.320 e. The minimum absolute atomic E-state index is 0.158. The van der Waals surface area contributed by atoms with Gasteiger partial charge in [0.05, 0.1) is 5.92 Å². The number of hydrogen-bond acceptors (Lipinski definition) is 3. The number of carboxylic acids is 2. The summed E-state index contributed by atoms with van der Waals surface area (Å²) in [6.07, 6.45) is 5.73. The average Bonchev–Trinajstić information content (AvgIpc) is 2.75. The Kier molecular flexibility index (Phi) is 3.66. The van der Waals surface area contributed by atoms with Gasteiger partial charge in [0.25, 0.3) is 0 Å². The molecule has 1 saturated carbocycles. The molecule has 2 rings (SSSR count). The molecule has 0 aromatic heterocycles. The molecule has 2 fully saturated rings. The van der Waals surface area contributed by atoms with Gasteiger partial charge in [0.1, 0.15) is 6.04 Å². The molecule has 1 aliphatic carbocycles. The predicted octanol–water partition coefficient (Wildman–Crippen LogP) is 1.08. The summed E-state index contributed by atoms with van der Waals surface area (Å²) in [6, 6.07) is -0.850. The Bertz CT molecular complexity index is 312. The van der Waals surface area contributed by atoms with Crippen LogP contribution in [0.5, 0.6) is 0 Å². The summed E-state index contributed by atoms with van der Waals surface area (Å²) in [5.41, 5.74) is 0. The maximum atomic E-state index is 11.2. The molecule has 0 aromatic carbocycles. The molecule has 5 nitrogen and oxygen atoms in total. The molecule has 0 amide bonds. The molecule has 0 radical (unpaired) electrons. The molecule has 0 aromatic rings. The van der Waals surface area contributed by atoms with Crippen LogP contribution in [0.4, 0.5) is 0 Å². The Hall–Kier alpha value is -1.10. The Morgan fingerprint density at radius 1 is 1.00 bits per heavy atom. The average molecular weight is 241 g/mol. The van der Waals surface area contributed by atoms with Crippen LogP contribution in [-0.2, 0) is 9.59 Å². The lowest BCUT2D eigenvalue weighted by atomic mass is 9.79. The van der Waals surface area contributed by atoms with Crippen molar-refractivity contribution in [3.05, 3.63) is 0 Å². The first-order valence-corrected chi connectivity index (χ1v) is 6.31. The summed E-state index contributed by atoms with van der Waals surface area (Å²) in [5.74, 6) is -2.01. The van der Waals surface area contributed by atoms with Gasteiger partial charge >= 0.3 is 11.9 Å². The van der Waals surface area contributed by atoms with Crippen LogP contribution in [0.15, 0.2) is 0 Å². The van der Waals surface area contributed by atoms with Crippen molar-refractivity contribution in [2.24, 2.45) is 11.8 Å². The molecule has 3 atom stereocenters. The smallest absolute Gasteiger partial charge is 0.320 e. The van der Waals surface area contributed by atoms with Gasteiger partial charge in [0, 0.05) is 6.04 Å². The first-order chi connectivity index (χ1) is 8.09. The highest BCUT2D eigenvalue weighted by Crippen LogP contribution is 2.34. The molecule has 3 N–H and O–H groups in total. The SMILES string of the molecule is O=C(O)C1CC(C(=O)O)C(C2CCCCC2)N1. The van der Waals surface area contributed by atoms with Gasteiger partial charge in [-0.2, -0.15) is 0 Å². The van der Waals surface area contributed by atoms with Gasteiger partial charge in [-0.3, -0.25) is 9.59 Å². The number of nitrogens with one attached hydrogen (secondary N) is 1. The van der Waals surface area contributed by atoms with Gasteiger partial charge in [-0.1, -0.05) is 19.3 Å². The minimum atomic E-state index is -0.936. The summed E-state index contributed by atoms with van der Waals surface area (Å²) in [5, 5.41) is 21.2. The minimum Gasteiger partial charge on any atom is -0.481 e. The molecule has 0 bridgehead atoms. The topological polar surface area (TPSA) is 86.6 Å². The van der Waals surface area contributed by atoms with E-state index in [1.165, 1.54) is 6.42 Å². The fraction of sp³-hybridized carbons (Fsp3) is 0.833. The largest absolute Gasteiger partial charge is 0.481 e. The summed E-state index contributed by atoms with van der Waals surface area (Å²) < 4.78 is 0. The van der Waals surface area contributed by atoms with Crippen LogP contribution in [0.25, 0.3) is 0 Å².